The Hall–Kier alpha value is -0.870. The van der Waals surface area contributed by atoms with E-state index in [9.17, 15) is 0 Å². The summed E-state index contributed by atoms with van der Waals surface area (Å²) in [7, 11) is 3.73. The Bertz CT molecular complexity index is 358. The van der Waals surface area contributed by atoms with Crippen molar-refractivity contribution in [2.45, 2.75) is 40.2 Å². The van der Waals surface area contributed by atoms with Gasteiger partial charge in [0.2, 0.25) is 0 Å². The van der Waals surface area contributed by atoms with Gasteiger partial charge < -0.3 is 10.1 Å². The van der Waals surface area contributed by atoms with Crippen LogP contribution >= 0.6 is 0 Å². The SMILES string of the molecule is CCc1nn(C)cc1CNCC(C)(C)CCOC. The lowest BCUT2D eigenvalue weighted by Gasteiger charge is -2.24. The fourth-order valence-electron chi connectivity index (χ4n) is 2.03. The van der Waals surface area contributed by atoms with E-state index in [-0.39, 0.29) is 5.41 Å². The monoisotopic (exact) mass is 253 g/mol. The third kappa shape index (κ3) is 4.78. The van der Waals surface area contributed by atoms with E-state index >= 15 is 0 Å². The molecule has 4 nitrogen and oxygen atoms in total. The van der Waals surface area contributed by atoms with E-state index in [4.69, 9.17) is 4.74 Å². The molecule has 0 aliphatic rings. The molecule has 0 spiro atoms. The van der Waals surface area contributed by atoms with Gasteiger partial charge in [-0.1, -0.05) is 20.8 Å². The minimum absolute atomic E-state index is 0.268. The first-order chi connectivity index (χ1) is 8.48. The first-order valence-corrected chi connectivity index (χ1v) is 6.69. The van der Waals surface area contributed by atoms with Gasteiger partial charge in [-0.05, 0) is 18.3 Å². The fraction of sp³-hybridized carbons (Fsp3) is 0.786. The van der Waals surface area contributed by atoms with Crippen LogP contribution in [0.3, 0.4) is 0 Å². The Balaban J connectivity index is 2.40. The van der Waals surface area contributed by atoms with E-state index in [2.05, 4.69) is 37.4 Å². The first-order valence-electron chi connectivity index (χ1n) is 6.69. The van der Waals surface area contributed by atoms with Crippen molar-refractivity contribution < 1.29 is 4.74 Å². The third-order valence-electron chi connectivity index (χ3n) is 3.23. The summed E-state index contributed by atoms with van der Waals surface area (Å²) in [5.74, 6) is 0. The fourth-order valence-corrected chi connectivity index (χ4v) is 2.03. The van der Waals surface area contributed by atoms with Gasteiger partial charge in [0.15, 0.2) is 0 Å². The van der Waals surface area contributed by atoms with E-state index in [0.29, 0.717) is 0 Å². The molecule has 1 aromatic rings. The lowest BCUT2D eigenvalue weighted by Crippen LogP contribution is -2.30. The molecule has 1 heterocycles. The lowest BCUT2D eigenvalue weighted by atomic mass is 9.89. The molecular formula is C14H27N3O. The number of aryl methyl sites for hydroxylation is 2. The summed E-state index contributed by atoms with van der Waals surface area (Å²) in [4.78, 5) is 0. The predicted octanol–water partition coefficient (Wildman–Crippen LogP) is 2.13. The Morgan fingerprint density at radius 3 is 2.78 bits per heavy atom. The summed E-state index contributed by atoms with van der Waals surface area (Å²) in [6.45, 7) is 9.39. The molecule has 0 amide bonds. The molecule has 1 N–H and O–H groups in total. The molecule has 0 aliphatic carbocycles. The second kappa shape index (κ2) is 6.90. The van der Waals surface area contributed by atoms with Gasteiger partial charge in [0.1, 0.15) is 0 Å². The standard InChI is InChI=1S/C14H27N3O/c1-6-13-12(10-17(4)16-13)9-15-11-14(2,3)7-8-18-5/h10,15H,6-9,11H2,1-5H3. The summed E-state index contributed by atoms with van der Waals surface area (Å²) in [6.07, 6.45) is 4.17. The van der Waals surface area contributed by atoms with Crippen molar-refractivity contribution in [2.75, 3.05) is 20.3 Å². The molecule has 0 aliphatic heterocycles. The molecule has 4 heteroatoms. The zero-order chi connectivity index (χ0) is 13.6. The van der Waals surface area contributed by atoms with Gasteiger partial charge in [-0.2, -0.15) is 5.10 Å². The number of rotatable bonds is 8. The van der Waals surface area contributed by atoms with Crippen LogP contribution in [-0.4, -0.2) is 30.0 Å². The van der Waals surface area contributed by atoms with Gasteiger partial charge >= 0.3 is 0 Å². The summed E-state index contributed by atoms with van der Waals surface area (Å²) >= 11 is 0. The van der Waals surface area contributed by atoms with Crippen LogP contribution in [0, 0.1) is 5.41 Å². The van der Waals surface area contributed by atoms with Crippen LogP contribution in [-0.2, 0) is 24.8 Å². The molecule has 104 valence electrons. The summed E-state index contributed by atoms with van der Waals surface area (Å²) in [5.41, 5.74) is 2.77. The first kappa shape index (κ1) is 15.2. The molecule has 0 atom stereocenters. The van der Waals surface area contributed by atoms with Gasteiger partial charge in [0.25, 0.3) is 0 Å². The molecule has 0 aromatic carbocycles. The minimum Gasteiger partial charge on any atom is -0.385 e. The van der Waals surface area contributed by atoms with Crippen molar-refractivity contribution in [3.05, 3.63) is 17.5 Å². The maximum Gasteiger partial charge on any atom is 0.0666 e. The molecule has 0 fully saturated rings. The number of hydrogen-bond acceptors (Lipinski definition) is 3. The number of methoxy groups -OCH3 is 1. The molecule has 0 bridgehead atoms. The highest BCUT2D eigenvalue weighted by atomic mass is 16.5. The molecule has 1 aromatic heterocycles. The normalized spacial score (nSPS) is 12.1. The van der Waals surface area contributed by atoms with Crippen LogP contribution < -0.4 is 5.32 Å². The zero-order valence-corrected chi connectivity index (χ0v) is 12.4. The number of ether oxygens (including phenoxy) is 1. The van der Waals surface area contributed by atoms with Crippen molar-refractivity contribution in [1.29, 1.82) is 0 Å². The van der Waals surface area contributed by atoms with E-state index in [1.165, 1.54) is 11.3 Å². The molecule has 0 radical (unpaired) electrons. The maximum atomic E-state index is 5.14. The number of aromatic nitrogens is 2. The zero-order valence-electron chi connectivity index (χ0n) is 12.4. The highest BCUT2D eigenvalue weighted by molar-refractivity contribution is 5.16. The molecule has 0 saturated heterocycles. The van der Waals surface area contributed by atoms with Gasteiger partial charge in [0, 0.05) is 45.6 Å². The van der Waals surface area contributed by atoms with Crippen LogP contribution in [0.25, 0.3) is 0 Å². The van der Waals surface area contributed by atoms with Crippen molar-refractivity contribution in [3.8, 4) is 0 Å². The van der Waals surface area contributed by atoms with Crippen LogP contribution in [0.4, 0.5) is 0 Å². The average molecular weight is 253 g/mol. The summed E-state index contributed by atoms with van der Waals surface area (Å²) in [6, 6.07) is 0. The second-order valence-electron chi connectivity index (χ2n) is 5.64. The van der Waals surface area contributed by atoms with E-state index in [0.717, 1.165) is 32.5 Å². The highest BCUT2D eigenvalue weighted by Crippen LogP contribution is 2.19. The minimum atomic E-state index is 0.268. The van der Waals surface area contributed by atoms with Crippen molar-refractivity contribution in [3.63, 3.8) is 0 Å². The van der Waals surface area contributed by atoms with Gasteiger partial charge in [0.05, 0.1) is 5.69 Å². The maximum absolute atomic E-state index is 5.14. The quantitative estimate of drug-likeness (QED) is 0.771. The lowest BCUT2D eigenvalue weighted by molar-refractivity contribution is 0.150. The van der Waals surface area contributed by atoms with E-state index in [1.807, 2.05) is 11.7 Å². The number of hydrogen-bond donors (Lipinski definition) is 1. The van der Waals surface area contributed by atoms with Crippen molar-refractivity contribution in [1.82, 2.24) is 15.1 Å². The van der Waals surface area contributed by atoms with Crippen molar-refractivity contribution >= 4 is 0 Å². The Kier molecular flexibility index (Phi) is 5.82. The van der Waals surface area contributed by atoms with Gasteiger partial charge in [-0.3, -0.25) is 4.68 Å². The largest absolute Gasteiger partial charge is 0.385 e. The summed E-state index contributed by atoms with van der Waals surface area (Å²) in [5, 5.41) is 7.98. The van der Waals surface area contributed by atoms with Gasteiger partial charge in [-0.15, -0.1) is 0 Å². The van der Waals surface area contributed by atoms with Crippen LogP contribution in [0.2, 0.25) is 0 Å². The topological polar surface area (TPSA) is 39.1 Å². The smallest absolute Gasteiger partial charge is 0.0666 e. The number of nitrogens with zero attached hydrogens (tertiary/aromatic N) is 2. The summed E-state index contributed by atoms with van der Waals surface area (Å²) < 4.78 is 7.04. The molecule has 1 rings (SSSR count). The highest BCUT2D eigenvalue weighted by Gasteiger charge is 2.17. The van der Waals surface area contributed by atoms with Crippen LogP contribution in [0.1, 0.15) is 38.4 Å². The Morgan fingerprint density at radius 1 is 1.44 bits per heavy atom. The van der Waals surface area contributed by atoms with E-state index in [1.54, 1.807) is 7.11 Å². The van der Waals surface area contributed by atoms with E-state index < -0.39 is 0 Å². The molecule has 18 heavy (non-hydrogen) atoms. The third-order valence-corrected chi connectivity index (χ3v) is 3.23. The molecule has 0 saturated carbocycles. The number of nitrogens with one attached hydrogen (secondary N) is 1. The Labute approximate surface area is 111 Å². The Morgan fingerprint density at radius 2 is 2.17 bits per heavy atom. The van der Waals surface area contributed by atoms with Crippen molar-refractivity contribution in [2.24, 2.45) is 12.5 Å². The molecular weight excluding hydrogens is 226 g/mol. The average Bonchev–Trinajstić information content (AvgIpc) is 2.67. The van der Waals surface area contributed by atoms with Gasteiger partial charge in [-0.25, -0.2) is 0 Å². The predicted molar refractivity (Wildman–Crippen MR) is 74.6 cm³/mol. The molecule has 0 unspecified atom stereocenters. The van der Waals surface area contributed by atoms with Crippen LogP contribution in [0.5, 0.6) is 0 Å². The van der Waals surface area contributed by atoms with Crippen LogP contribution in [0.15, 0.2) is 6.20 Å². The second-order valence-corrected chi connectivity index (χ2v) is 5.64.